The zero-order valence-corrected chi connectivity index (χ0v) is 36.8. The number of H-pyrrole nitrogens is 1. The van der Waals surface area contributed by atoms with Crippen molar-refractivity contribution in [3.8, 4) is 45.7 Å². The summed E-state index contributed by atoms with van der Waals surface area (Å²) in [5, 5.41) is 41.2. The standard InChI is InChI=1S/C50H51N7O8/c1-6-33-35-21-32(9-10-40(35)51-45-37(33)25-56-42(45)23-39-38(47(56)60)26-64-28(5)50(39,63)7-2)65-49(62)55-17-13-29(14-18-55)12-16-54-19-15-30-20-31(8-11-41(30)54)57-46(52-53-48(57)61)36-22-34(27(3)4)43(58)24-44(36)59/h8-11,15,19-24,27,29,58-59,63H,5-7,12-14,16-18,25-26H2,1-4H3,(H,53,61)/t50-/m1/s1. The summed E-state index contributed by atoms with van der Waals surface area (Å²) in [5.41, 5.74) is 5.50. The van der Waals surface area contributed by atoms with Crippen molar-refractivity contribution < 1.29 is 29.6 Å². The van der Waals surface area contributed by atoms with Gasteiger partial charge in [0.05, 0.1) is 40.3 Å². The van der Waals surface area contributed by atoms with Gasteiger partial charge in [-0.3, -0.25) is 4.79 Å². The van der Waals surface area contributed by atoms with Crippen LogP contribution in [-0.2, 0) is 36.5 Å². The highest BCUT2D eigenvalue weighted by Gasteiger charge is 2.41. The number of nitrogens with zero attached hydrogens (tertiary/aromatic N) is 6. The maximum atomic E-state index is 13.8. The molecule has 7 aromatic rings. The Morgan fingerprint density at radius 2 is 1.82 bits per heavy atom. The first-order valence-electron chi connectivity index (χ1n) is 22.3. The van der Waals surface area contributed by atoms with Crippen LogP contribution in [-0.4, -0.2) is 68.3 Å². The summed E-state index contributed by atoms with van der Waals surface area (Å²) in [6.07, 6.45) is 5.27. The van der Waals surface area contributed by atoms with E-state index in [1.165, 1.54) is 10.6 Å². The molecule has 1 atom stereocenters. The third kappa shape index (κ3) is 6.87. The highest BCUT2D eigenvalue weighted by molar-refractivity contribution is 5.90. The number of aromatic hydroxyl groups is 2. The van der Waals surface area contributed by atoms with Crippen molar-refractivity contribution in [1.82, 2.24) is 33.8 Å². The van der Waals surface area contributed by atoms with Gasteiger partial charge in [-0.1, -0.05) is 34.3 Å². The number of likely N-dealkylation sites (tertiary alicyclic amines) is 1. The van der Waals surface area contributed by atoms with Crippen molar-refractivity contribution in [2.45, 2.75) is 91.0 Å². The maximum Gasteiger partial charge on any atom is 0.415 e. The summed E-state index contributed by atoms with van der Waals surface area (Å²) in [4.78, 5) is 47.2. The number of phenolic OH excluding ortho intramolecular Hbond substituents is 2. The Morgan fingerprint density at radius 3 is 2.57 bits per heavy atom. The van der Waals surface area contributed by atoms with Crippen LogP contribution in [0.3, 0.4) is 0 Å². The van der Waals surface area contributed by atoms with Crippen molar-refractivity contribution in [2.75, 3.05) is 13.1 Å². The number of piperidine rings is 1. The van der Waals surface area contributed by atoms with Crippen LogP contribution < -0.4 is 16.0 Å². The molecule has 0 spiro atoms. The van der Waals surface area contributed by atoms with Crippen LogP contribution in [0.1, 0.15) is 87.1 Å². The first kappa shape index (κ1) is 41.9. The summed E-state index contributed by atoms with van der Waals surface area (Å²) in [7, 11) is 0. The van der Waals surface area contributed by atoms with Crippen molar-refractivity contribution in [2.24, 2.45) is 5.92 Å². The molecule has 0 unspecified atom stereocenters. The number of benzene rings is 3. The van der Waals surface area contributed by atoms with Crippen molar-refractivity contribution in [3.63, 3.8) is 0 Å². The molecule has 3 aromatic carbocycles. The van der Waals surface area contributed by atoms with Crippen LogP contribution >= 0.6 is 0 Å². The van der Waals surface area contributed by atoms with E-state index in [-0.39, 0.29) is 47.3 Å². The van der Waals surface area contributed by atoms with Gasteiger partial charge in [-0.2, -0.15) is 5.10 Å². The third-order valence-corrected chi connectivity index (χ3v) is 13.8. The minimum atomic E-state index is -1.46. The second-order valence-electron chi connectivity index (χ2n) is 17.8. The number of nitrogens with one attached hydrogen (secondary N) is 1. The molecule has 65 heavy (non-hydrogen) atoms. The van der Waals surface area contributed by atoms with Gasteiger partial charge in [-0.25, -0.2) is 24.2 Å². The van der Waals surface area contributed by atoms with Gasteiger partial charge in [-0.05, 0) is 110 Å². The van der Waals surface area contributed by atoms with Crippen molar-refractivity contribution in [1.29, 1.82) is 0 Å². The maximum absolute atomic E-state index is 13.8. The summed E-state index contributed by atoms with van der Waals surface area (Å²) in [5.74, 6) is 1.12. The number of carbonyl (C=O) groups is 1. The summed E-state index contributed by atoms with van der Waals surface area (Å²) in [6, 6.07) is 18.1. The number of pyridine rings is 2. The van der Waals surface area contributed by atoms with Crippen LogP contribution in [0, 0.1) is 5.92 Å². The van der Waals surface area contributed by atoms with E-state index in [0.29, 0.717) is 83.5 Å². The molecule has 10 rings (SSSR count). The Labute approximate surface area is 373 Å². The van der Waals surface area contributed by atoms with E-state index in [4.69, 9.17) is 14.5 Å². The molecule has 0 aliphatic carbocycles. The van der Waals surface area contributed by atoms with E-state index >= 15 is 0 Å². The molecular formula is C50H51N7O8. The number of aromatic amines is 1. The smallest absolute Gasteiger partial charge is 0.415 e. The molecular weight excluding hydrogens is 827 g/mol. The second-order valence-corrected chi connectivity index (χ2v) is 17.8. The predicted octanol–water partition coefficient (Wildman–Crippen LogP) is 7.96. The number of hydrogen-bond acceptors (Lipinski definition) is 10. The molecule has 4 N–H and O–H groups in total. The van der Waals surface area contributed by atoms with Gasteiger partial charge in [0.2, 0.25) is 0 Å². The van der Waals surface area contributed by atoms with Gasteiger partial charge in [-0.15, -0.1) is 0 Å². The van der Waals surface area contributed by atoms with Gasteiger partial charge >= 0.3 is 11.8 Å². The van der Waals surface area contributed by atoms with E-state index < -0.39 is 11.3 Å². The van der Waals surface area contributed by atoms with Gasteiger partial charge in [0.25, 0.3) is 5.56 Å². The van der Waals surface area contributed by atoms with Gasteiger partial charge < -0.3 is 38.8 Å². The number of aryl methyl sites for hydroxylation is 2. The first-order chi connectivity index (χ1) is 31.3. The van der Waals surface area contributed by atoms with Crippen LogP contribution in [0.15, 0.2) is 88.8 Å². The molecule has 1 amide bonds. The number of ether oxygens (including phenoxy) is 2. The molecule has 15 heteroatoms. The van der Waals surface area contributed by atoms with Crippen LogP contribution in [0.4, 0.5) is 4.79 Å². The fourth-order valence-corrected chi connectivity index (χ4v) is 10.1. The molecule has 0 saturated carbocycles. The zero-order valence-electron chi connectivity index (χ0n) is 36.8. The molecule has 1 fully saturated rings. The summed E-state index contributed by atoms with van der Waals surface area (Å²) < 4.78 is 17.0. The van der Waals surface area contributed by atoms with Crippen molar-refractivity contribution in [3.05, 3.63) is 128 Å². The largest absolute Gasteiger partial charge is 0.508 e. The van der Waals surface area contributed by atoms with E-state index in [1.54, 1.807) is 21.6 Å². The molecule has 1 saturated heterocycles. The lowest BCUT2D eigenvalue weighted by atomic mass is 9.84. The molecule has 0 bridgehead atoms. The fourth-order valence-electron chi connectivity index (χ4n) is 10.1. The summed E-state index contributed by atoms with van der Waals surface area (Å²) >= 11 is 0. The lowest BCUT2D eigenvalue weighted by molar-refractivity contribution is -0.0172. The molecule has 3 aliphatic heterocycles. The number of fused-ring (bicyclic) bond motifs is 6. The highest BCUT2D eigenvalue weighted by atomic mass is 16.6. The van der Waals surface area contributed by atoms with Crippen LogP contribution in [0.2, 0.25) is 0 Å². The lowest BCUT2D eigenvalue weighted by Crippen LogP contribution is -2.40. The van der Waals surface area contributed by atoms with Gasteiger partial charge in [0.15, 0.2) is 5.82 Å². The number of carbonyl (C=O) groups excluding carboxylic acids is 1. The summed E-state index contributed by atoms with van der Waals surface area (Å²) in [6.45, 7) is 14.1. The van der Waals surface area contributed by atoms with E-state index in [9.17, 15) is 29.7 Å². The number of rotatable bonds is 9. The fraction of sp³-hybridized carbons (Fsp3) is 0.340. The highest BCUT2D eigenvalue weighted by Crippen LogP contribution is 2.43. The van der Waals surface area contributed by atoms with Crippen LogP contribution in [0.5, 0.6) is 17.2 Å². The molecule has 15 nitrogen and oxygen atoms in total. The average Bonchev–Trinajstić information content (AvgIpc) is 4.00. The molecule has 0 radical (unpaired) electrons. The molecule has 4 aromatic heterocycles. The SMILES string of the molecule is C=C1OCc2c(cc3n(c2=O)Cc2c-3nc3ccc(OC(=O)N4CCC(CCn5ccc6cc(-n7c(-c8cc(C(C)C)c(O)cc8O)n[nH]c7=O)ccc65)CC4)cc3c2CC)[C@@]1(O)CC. The zero-order chi connectivity index (χ0) is 45.5. The van der Waals surface area contributed by atoms with Gasteiger partial charge in [0, 0.05) is 59.3 Å². The Morgan fingerprint density at radius 1 is 1.02 bits per heavy atom. The Kier molecular flexibility index (Phi) is 10.2. The Bertz CT molecular complexity index is 3220. The number of aliphatic hydroxyl groups is 1. The molecule has 334 valence electrons. The third-order valence-electron chi connectivity index (χ3n) is 13.8. The Hall–Kier alpha value is -7.13. The second kappa shape index (κ2) is 15.8. The lowest BCUT2D eigenvalue weighted by Gasteiger charge is -2.35. The molecule has 3 aliphatic rings. The minimum Gasteiger partial charge on any atom is -0.508 e. The predicted molar refractivity (Wildman–Crippen MR) is 246 cm³/mol. The molecule has 7 heterocycles. The average molecular weight is 878 g/mol. The van der Waals surface area contributed by atoms with Crippen LogP contribution in [0.25, 0.3) is 50.3 Å². The monoisotopic (exact) mass is 877 g/mol. The number of phenols is 2. The van der Waals surface area contributed by atoms with E-state index in [1.807, 2.05) is 69.4 Å². The van der Waals surface area contributed by atoms with E-state index in [2.05, 4.69) is 28.3 Å². The minimum absolute atomic E-state index is 0.0143. The quantitative estimate of drug-likeness (QED) is 0.111. The van der Waals surface area contributed by atoms with Crippen molar-refractivity contribution >= 4 is 27.9 Å². The van der Waals surface area contributed by atoms with E-state index in [0.717, 1.165) is 58.7 Å². The normalized spacial score (nSPS) is 17.1. The Balaban J connectivity index is 0.795. The number of aromatic nitrogens is 6. The topological polar surface area (TPSA) is 190 Å². The number of amides is 1. The first-order valence-corrected chi connectivity index (χ1v) is 22.3. The van der Waals surface area contributed by atoms with Gasteiger partial charge in [0.1, 0.15) is 35.2 Å². The number of hydrogen-bond donors (Lipinski definition) is 4.